The maximum atomic E-state index is 2.37. The van der Waals surface area contributed by atoms with Crippen molar-refractivity contribution in [3.05, 3.63) is 291 Å². The van der Waals surface area contributed by atoms with E-state index < -0.39 is 0 Å². The second kappa shape index (κ2) is 18.8. The zero-order valence-electron chi connectivity index (χ0n) is 41.0. The number of para-hydroxylation sites is 2. The highest BCUT2D eigenvalue weighted by atomic mass is 32.1. The highest BCUT2D eigenvalue weighted by Crippen LogP contribution is 2.41. The number of benzene rings is 12. The fourth-order valence-electron chi connectivity index (χ4n) is 11.0. The monoisotopic (exact) mass is 972 g/mol. The Balaban J connectivity index is 0.757. The molecule has 352 valence electrons. The molecule has 0 bridgehead atoms. The van der Waals surface area contributed by atoms with Gasteiger partial charge in [-0.05, 0) is 152 Å². The van der Waals surface area contributed by atoms with Crippen molar-refractivity contribution in [1.29, 1.82) is 0 Å². The first-order valence-electron chi connectivity index (χ1n) is 25.6. The Hall–Kier alpha value is -9.54. The van der Waals surface area contributed by atoms with Gasteiger partial charge in [-0.1, -0.05) is 206 Å². The molecule has 14 aromatic rings. The molecular formula is C72H48N2S. The first-order valence-corrected chi connectivity index (χ1v) is 26.4. The molecule has 0 aliphatic heterocycles. The topological polar surface area (TPSA) is 8.17 Å². The Labute approximate surface area is 440 Å². The van der Waals surface area contributed by atoms with Gasteiger partial charge in [-0.15, -0.1) is 11.3 Å². The Morgan fingerprint density at radius 2 is 0.560 bits per heavy atom. The molecule has 3 heteroatoms. The van der Waals surface area contributed by atoms with Crippen LogP contribution in [0.1, 0.15) is 0 Å². The summed E-state index contributed by atoms with van der Waals surface area (Å²) in [4.78, 5) is 2.36. The van der Waals surface area contributed by atoms with Crippen LogP contribution in [0.2, 0.25) is 0 Å². The standard InChI is InChI=1S/C72H48N2S/c1-3-11-49(12-4-1)50-19-21-51(22-20-50)54-31-39-62(40-32-54)73(64-43-35-56(36-44-64)53-25-29-58(30-26-53)60-38-46-72-68(48-60)66-16-8-10-18-71(66)75-72)63-41-33-55(34-42-63)52-23-27-57(28-24-52)59-37-45-70-67(47-59)65-15-7-9-17-69(65)74(70)61-13-5-2-6-14-61/h1-48H. The smallest absolute Gasteiger partial charge is 0.0541 e. The summed E-state index contributed by atoms with van der Waals surface area (Å²) in [5.41, 5.74) is 21.2. The number of aromatic nitrogens is 1. The molecule has 0 N–H and O–H groups in total. The third-order valence-electron chi connectivity index (χ3n) is 14.9. The van der Waals surface area contributed by atoms with Gasteiger partial charge in [0, 0.05) is 53.7 Å². The van der Waals surface area contributed by atoms with Gasteiger partial charge in [-0.25, -0.2) is 0 Å². The number of nitrogens with zero attached hydrogens (tertiary/aromatic N) is 2. The van der Waals surface area contributed by atoms with Crippen molar-refractivity contribution >= 4 is 70.4 Å². The van der Waals surface area contributed by atoms with Gasteiger partial charge in [0.15, 0.2) is 0 Å². The van der Waals surface area contributed by atoms with Gasteiger partial charge in [0.1, 0.15) is 0 Å². The summed E-state index contributed by atoms with van der Waals surface area (Å²) in [6.45, 7) is 0. The van der Waals surface area contributed by atoms with E-state index in [1.54, 1.807) is 0 Å². The molecule has 0 fully saturated rings. The average Bonchev–Trinajstić information content (AvgIpc) is 4.04. The van der Waals surface area contributed by atoms with Gasteiger partial charge in [0.05, 0.1) is 11.0 Å². The lowest BCUT2D eigenvalue weighted by Gasteiger charge is -2.26. The van der Waals surface area contributed by atoms with E-state index in [4.69, 9.17) is 0 Å². The van der Waals surface area contributed by atoms with E-state index in [2.05, 4.69) is 301 Å². The van der Waals surface area contributed by atoms with E-state index in [0.717, 1.165) is 17.1 Å². The second-order valence-electron chi connectivity index (χ2n) is 19.3. The van der Waals surface area contributed by atoms with E-state index >= 15 is 0 Å². The van der Waals surface area contributed by atoms with Crippen LogP contribution in [0.25, 0.3) is 114 Å². The van der Waals surface area contributed by atoms with Crippen LogP contribution in [0, 0.1) is 0 Å². The molecule has 2 nitrogen and oxygen atoms in total. The minimum absolute atomic E-state index is 1.09. The fraction of sp³-hybridized carbons (Fsp3) is 0. The summed E-state index contributed by atoms with van der Waals surface area (Å²) in [7, 11) is 0. The van der Waals surface area contributed by atoms with E-state index in [-0.39, 0.29) is 0 Å². The van der Waals surface area contributed by atoms with Crippen molar-refractivity contribution in [3.8, 4) is 72.4 Å². The molecule has 0 aliphatic carbocycles. The van der Waals surface area contributed by atoms with Crippen molar-refractivity contribution in [1.82, 2.24) is 4.57 Å². The van der Waals surface area contributed by atoms with Gasteiger partial charge in [0.25, 0.3) is 0 Å². The van der Waals surface area contributed by atoms with Crippen molar-refractivity contribution in [2.45, 2.75) is 0 Å². The quantitative estimate of drug-likeness (QED) is 0.133. The number of thiophene rings is 1. The normalized spacial score (nSPS) is 11.5. The molecule has 0 unspecified atom stereocenters. The number of fused-ring (bicyclic) bond motifs is 6. The van der Waals surface area contributed by atoms with Crippen molar-refractivity contribution in [3.63, 3.8) is 0 Å². The van der Waals surface area contributed by atoms with Gasteiger partial charge >= 0.3 is 0 Å². The number of hydrogen-bond acceptors (Lipinski definition) is 2. The van der Waals surface area contributed by atoms with Gasteiger partial charge < -0.3 is 9.47 Å². The summed E-state index contributed by atoms with van der Waals surface area (Å²) in [6.07, 6.45) is 0. The SMILES string of the molecule is c1ccc(-c2ccc(-c3ccc(N(c4ccc(-c5ccc(-c6ccc7sc8ccccc8c7c6)cc5)cc4)c4ccc(-c5ccc(-c6ccc7c(c6)c6ccccc6n7-c6ccccc6)cc5)cc4)cc3)cc2)cc1. The van der Waals surface area contributed by atoms with E-state index in [1.807, 2.05) is 11.3 Å². The summed E-state index contributed by atoms with van der Waals surface area (Å²) in [5, 5.41) is 5.16. The van der Waals surface area contributed by atoms with Crippen LogP contribution >= 0.6 is 11.3 Å². The van der Waals surface area contributed by atoms with Crippen molar-refractivity contribution < 1.29 is 0 Å². The Bertz CT molecular complexity index is 4330. The van der Waals surface area contributed by atoms with Crippen LogP contribution in [0.5, 0.6) is 0 Å². The maximum absolute atomic E-state index is 2.37. The van der Waals surface area contributed by atoms with Crippen LogP contribution in [-0.4, -0.2) is 4.57 Å². The first-order chi connectivity index (χ1) is 37.1. The number of hydrogen-bond donors (Lipinski definition) is 0. The Morgan fingerprint density at radius 1 is 0.227 bits per heavy atom. The minimum Gasteiger partial charge on any atom is -0.311 e. The molecule has 0 atom stereocenters. The molecule has 75 heavy (non-hydrogen) atoms. The first kappa shape index (κ1) is 44.2. The van der Waals surface area contributed by atoms with Crippen LogP contribution in [-0.2, 0) is 0 Å². The molecule has 0 aliphatic rings. The summed E-state index contributed by atoms with van der Waals surface area (Å²) in [6, 6.07) is 106. The third kappa shape index (κ3) is 8.26. The van der Waals surface area contributed by atoms with Crippen LogP contribution in [0.15, 0.2) is 291 Å². The molecule has 2 aromatic heterocycles. The van der Waals surface area contributed by atoms with Gasteiger partial charge in [-0.3, -0.25) is 0 Å². The minimum atomic E-state index is 1.09. The third-order valence-corrected chi connectivity index (χ3v) is 16.0. The van der Waals surface area contributed by atoms with Crippen LogP contribution < -0.4 is 4.90 Å². The zero-order chi connectivity index (χ0) is 49.7. The Kier molecular flexibility index (Phi) is 11.1. The molecule has 0 radical (unpaired) electrons. The summed E-state index contributed by atoms with van der Waals surface area (Å²) in [5.74, 6) is 0. The molecule has 14 rings (SSSR count). The second-order valence-corrected chi connectivity index (χ2v) is 20.4. The van der Waals surface area contributed by atoms with E-state index in [9.17, 15) is 0 Å². The highest BCUT2D eigenvalue weighted by molar-refractivity contribution is 7.25. The fourth-order valence-corrected chi connectivity index (χ4v) is 12.1. The molecule has 12 aromatic carbocycles. The van der Waals surface area contributed by atoms with Crippen molar-refractivity contribution in [2.75, 3.05) is 4.90 Å². The molecule has 0 saturated heterocycles. The lowest BCUT2D eigenvalue weighted by Crippen LogP contribution is -2.09. The highest BCUT2D eigenvalue weighted by Gasteiger charge is 2.16. The van der Waals surface area contributed by atoms with Crippen LogP contribution in [0.3, 0.4) is 0 Å². The molecule has 2 heterocycles. The summed E-state index contributed by atoms with van der Waals surface area (Å²) < 4.78 is 5.02. The number of rotatable bonds is 10. The van der Waals surface area contributed by atoms with Gasteiger partial charge in [0.2, 0.25) is 0 Å². The zero-order valence-corrected chi connectivity index (χ0v) is 41.8. The predicted octanol–water partition coefficient (Wildman–Crippen LogP) is 20.6. The maximum Gasteiger partial charge on any atom is 0.0541 e. The molecular weight excluding hydrogens is 925 g/mol. The number of anilines is 3. The van der Waals surface area contributed by atoms with Gasteiger partial charge in [-0.2, -0.15) is 0 Å². The summed E-state index contributed by atoms with van der Waals surface area (Å²) >= 11 is 1.86. The van der Waals surface area contributed by atoms with E-state index in [0.29, 0.717) is 0 Å². The van der Waals surface area contributed by atoms with E-state index in [1.165, 1.54) is 114 Å². The molecule has 0 saturated carbocycles. The van der Waals surface area contributed by atoms with Crippen LogP contribution in [0.4, 0.5) is 17.1 Å². The predicted molar refractivity (Wildman–Crippen MR) is 321 cm³/mol. The lowest BCUT2D eigenvalue weighted by molar-refractivity contribution is 1.18. The van der Waals surface area contributed by atoms with Crippen molar-refractivity contribution in [2.24, 2.45) is 0 Å². The Morgan fingerprint density at radius 3 is 1.07 bits per heavy atom. The molecule has 0 amide bonds. The largest absolute Gasteiger partial charge is 0.311 e. The lowest BCUT2D eigenvalue weighted by atomic mass is 9.98. The average molecular weight is 973 g/mol. The molecule has 0 spiro atoms.